The number of benzene rings is 1. The van der Waals surface area contributed by atoms with Crippen LogP contribution in [0.1, 0.15) is 11.4 Å². The topological polar surface area (TPSA) is 116 Å². The molecule has 0 saturated heterocycles. The Morgan fingerprint density at radius 2 is 1.83 bits per heavy atom. The molecule has 0 amide bonds. The van der Waals surface area contributed by atoms with E-state index in [-0.39, 0.29) is 24.0 Å². The van der Waals surface area contributed by atoms with E-state index in [9.17, 15) is 14.9 Å². The Bertz CT molecular complexity index is 721. The van der Waals surface area contributed by atoms with Crippen molar-refractivity contribution in [3.05, 3.63) is 64.0 Å². The van der Waals surface area contributed by atoms with Gasteiger partial charge in [0.15, 0.2) is 0 Å². The van der Waals surface area contributed by atoms with Crippen molar-refractivity contribution in [2.24, 2.45) is 0 Å². The highest BCUT2D eigenvalue weighted by Gasteiger charge is 2.09. The van der Waals surface area contributed by atoms with Crippen molar-refractivity contribution < 1.29 is 24.0 Å². The van der Waals surface area contributed by atoms with Crippen molar-refractivity contribution in [1.82, 2.24) is 4.98 Å². The first-order chi connectivity index (χ1) is 11.0. The Morgan fingerprint density at radius 1 is 1.22 bits per heavy atom. The minimum atomic E-state index is -0.512. The zero-order valence-electron chi connectivity index (χ0n) is 12.1. The second-order valence-corrected chi connectivity index (χ2v) is 4.26. The third-order valence-corrected chi connectivity index (χ3v) is 2.55. The first-order valence-electron chi connectivity index (χ1n) is 6.33. The number of aromatic nitrogens is 1. The van der Waals surface area contributed by atoms with Gasteiger partial charge < -0.3 is 4.74 Å². The van der Waals surface area contributed by atoms with Gasteiger partial charge in [0.2, 0.25) is 0 Å². The number of nitrogens with zero attached hydrogens (tertiary/aromatic N) is 2. The molecule has 8 heteroatoms. The standard InChI is InChI=1S/C14H12N2O4.CO2/c1-10-3-2-4-11(15-10)9-14(17)20-13-7-5-12(6-8-13)16(18)19;2-1-3/h2-8H,9H2,1H3;. The Hall–Kier alpha value is -3.38. The zero-order valence-corrected chi connectivity index (χ0v) is 12.1. The van der Waals surface area contributed by atoms with Gasteiger partial charge in [-0.05, 0) is 31.2 Å². The molecule has 0 aliphatic carbocycles. The predicted octanol–water partition coefficient (Wildman–Crippen LogP) is 1.86. The van der Waals surface area contributed by atoms with E-state index in [4.69, 9.17) is 14.3 Å². The normalized spacial score (nSPS) is 9.09. The smallest absolute Gasteiger partial charge is 0.373 e. The summed E-state index contributed by atoms with van der Waals surface area (Å²) in [5.74, 6) is -0.190. The lowest BCUT2D eigenvalue weighted by Crippen LogP contribution is -2.12. The molecule has 0 unspecified atom stereocenters. The van der Waals surface area contributed by atoms with E-state index < -0.39 is 10.9 Å². The number of rotatable bonds is 4. The summed E-state index contributed by atoms with van der Waals surface area (Å²) < 4.78 is 5.09. The van der Waals surface area contributed by atoms with Crippen LogP contribution in [-0.2, 0) is 20.8 Å². The summed E-state index contributed by atoms with van der Waals surface area (Å²) in [7, 11) is 0. The maximum absolute atomic E-state index is 11.7. The number of hydrogen-bond donors (Lipinski definition) is 0. The molecule has 0 N–H and O–H groups in total. The molecule has 1 heterocycles. The van der Waals surface area contributed by atoms with Gasteiger partial charge in [0.1, 0.15) is 5.75 Å². The van der Waals surface area contributed by atoms with Gasteiger partial charge in [-0.25, -0.2) is 0 Å². The molecule has 8 nitrogen and oxygen atoms in total. The molecular formula is C15H12N2O6. The number of non-ortho nitro benzene ring substituents is 1. The average molecular weight is 316 g/mol. The number of esters is 1. The average Bonchev–Trinajstić information content (AvgIpc) is 2.48. The van der Waals surface area contributed by atoms with Crippen LogP contribution >= 0.6 is 0 Å². The molecule has 0 radical (unpaired) electrons. The molecule has 0 saturated carbocycles. The molecule has 0 fully saturated rings. The molecule has 1 aromatic carbocycles. The first kappa shape index (κ1) is 17.7. The largest absolute Gasteiger partial charge is 0.426 e. The maximum atomic E-state index is 11.7. The SMILES string of the molecule is Cc1cccc(CC(=O)Oc2ccc([N+](=O)[O-])cc2)n1.O=C=O. The number of nitro groups is 1. The van der Waals surface area contributed by atoms with Crippen molar-refractivity contribution in [1.29, 1.82) is 0 Å². The van der Waals surface area contributed by atoms with Gasteiger partial charge in [-0.2, -0.15) is 9.59 Å². The Morgan fingerprint density at radius 3 is 2.35 bits per heavy atom. The summed E-state index contributed by atoms with van der Waals surface area (Å²) in [5, 5.41) is 10.5. The third-order valence-electron chi connectivity index (χ3n) is 2.55. The quantitative estimate of drug-likeness (QED) is 0.366. The van der Waals surface area contributed by atoms with Crippen molar-refractivity contribution in [3.63, 3.8) is 0 Å². The van der Waals surface area contributed by atoms with Crippen LogP contribution in [0.25, 0.3) is 0 Å². The van der Waals surface area contributed by atoms with Crippen molar-refractivity contribution in [2.75, 3.05) is 0 Å². The van der Waals surface area contributed by atoms with E-state index in [0.29, 0.717) is 5.69 Å². The number of aryl methyl sites for hydroxylation is 1. The minimum absolute atomic E-state index is 0.0508. The summed E-state index contributed by atoms with van der Waals surface area (Å²) in [5.41, 5.74) is 1.40. The summed E-state index contributed by atoms with van der Waals surface area (Å²) in [6.45, 7) is 1.84. The lowest BCUT2D eigenvalue weighted by atomic mass is 10.2. The number of hydrogen-bond acceptors (Lipinski definition) is 7. The molecule has 0 bridgehead atoms. The minimum Gasteiger partial charge on any atom is -0.426 e. The van der Waals surface area contributed by atoms with Crippen LogP contribution < -0.4 is 4.74 Å². The van der Waals surface area contributed by atoms with Gasteiger partial charge in [-0.3, -0.25) is 19.9 Å². The first-order valence-corrected chi connectivity index (χ1v) is 6.33. The van der Waals surface area contributed by atoms with Crippen molar-refractivity contribution >= 4 is 17.8 Å². The van der Waals surface area contributed by atoms with E-state index in [1.807, 2.05) is 19.1 Å². The van der Waals surface area contributed by atoms with Gasteiger partial charge >= 0.3 is 12.1 Å². The van der Waals surface area contributed by atoms with Gasteiger partial charge in [-0.15, -0.1) is 0 Å². The number of carbonyl (C=O) groups excluding carboxylic acids is 3. The third kappa shape index (κ3) is 6.28. The number of carbonyl (C=O) groups is 1. The monoisotopic (exact) mass is 316 g/mol. The molecule has 0 spiro atoms. The Balaban J connectivity index is 0.000000816. The molecule has 0 aliphatic rings. The second-order valence-electron chi connectivity index (χ2n) is 4.26. The predicted molar refractivity (Wildman–Crippen MR) is 76.4 cm³/mol. The lowest BCUT2D eigenvalue weighted by Gasteiger charge is -2.04. The van der Waals surface area contributed by atoms with Crippen molar-refractivity contribution in [2.45, 2.75) is 13.3 Å². The van der Waals surface area contributed by atoms with Gasteiger partial charge in [0.05, 0.1) is 17.0 Å². The van der Waals surface area contributed by atoms with Crippen LogP contribution in [0.4, 0.5) is 5.69 Å². The fourth-order valence-corrected chi connectivity index (χ4v) is 1.65. The van der Waals surface area contributed by atoms with E-state index in [1.165, 1.54) is 24.3 Å². The summed E-state index contributed by atoms with van der Waals surface area (Å²) in [6.07, 6.45) is 0.304. The van der Waals surface area contributed by atoms with Crippen LogP contribution in [0.15, 0.2) is 42.5 Å². The highest BCUT2D eigenvalue weighted by molar-refractivity contribution is 5.74. The lowest BCUT2D eigenvalue weighted by molar-refractivity contribution is -0.384. The molecule has 2 rings (SSSR count). The van der Waals surface area contributed by atoms with Crippen LogP contribution in [-0.4, -0.2) is 22.0 Å². The molecule has 2 aromatic rings. The van der Waals surface area contributed by atoms with Gasteiger partial charge in [0.25, 0.3) is 5.69 Å². The second kappa shape index (κ2) is 8.81. The van der Waals surface area contributed by atoms with Crippen LogP contribution in [0, 0.1) is 17.0 Å². The van der Waals surface area contributed by atoms with Gasteiger partial charge in [-0.1, -0.05) is 6.07 Å². The molecule has 23 heavy (non-hydrogen) atoms. The molecule has 0 atom stereocenters. The molecule has 118 valence electrons. The molecule has 0 aliphatic heterocycles. The number of nitro benzene ring substituents is 1. The van der Waals surface area contributed by atoms with E-state index in [0.717, 1.165) is 5.69 Å². The fourth-order valence-electron chi connectivity index (χ4n) is 1.65. The fraction of sp³-hybridized carbons (Fsp3) is 0.133. The van der Waals surface area contributed by atoms with Gasteiger partial charge in [0, 0.05) is 17.8 Å². The highest BCUT2D eigenvalue weighted by Crippen LogP contribution is 2.17. The highest BCUT2D eigenvalue weighted by atomic mass is 16.6. The van der Waals surface area contributed by atoms with E-state index in [2.05, 4.69) is 4.98 Å². The summed E-state index contributed by atoms with van der Waals surface area (Å²) >= 11 is 0. The maximum Gasteiger partial charge on any atom is 0.373 e. The zero-order chi connectivity index (χ0) is 17.2. The molecule has 1 aromatic heterocycles. The molecular weight excluding hydrogens is 304 g/mol. The van der Waals surface area contributed by atoms with Crippen LogP contribution in [0.2, 0.25) is 0 Å². The van der Waals surface area contributed by atoms with Crippen molar-refractivity contribution in [3.8, 4) is 5.75 Å². The van der Waals surface area contributed by atoms with E-state index >= 15 is 0 Å². The van der Waals surface area contributed by atoms with Crippen LogP contribution in [0.5, 0.6) is 5.75 Å². The summed E-state index contributed by atoms with van der Waals surface area (Å²) in [4.78, 5) is 42.2. The summed E-state index contributed by atoms with van der Waals surface area (Å²) in [6, 6.07) is 10.7. The van der Waals surface area contributed by atoms with Crippen LogP contribution in [0.3, 0.4) is 0 Å². The Kier molecular flexibility index (Phi) is 6.77. The van der Waals surface area contributed by atoms with E-state index in [1.54, 1.807) is 6.07 Å². The number of ether oxygens (including phenoxy) is 1. The number of pyridine rings is 1. The Labute approximate surface area is 130 Å².